The van der Waals surface area contributed by atoms with Crippen LogP contribution in [0, 0.1) is 24.2 Å². The molecule has 0 radical (unpaired) electrons. The van der Waals surface area contributed by atoms with Crippen LogP contribution in [-0.2, 0) is 59.2 Å². The number of amides is 7. The third kappa shape index (κ3) is 22.2. The molecule has 74 heavy (non-hydrogen) atoms. The summed E-state index contributed by atoms with van der Waals surface area (Å²) in [5.74, 6) is -14.9. The maximum atomic E-state index is 14.4. The van der Waals surface area contributed by atoms with E-state index in [0.717, 1.165) is 0 Å². The van der Waals surface area contributed by atoms with Crippen molar-refractivity contribution in [3.8, 4) is 0 Å². The molecule has 408 valence electrons. The van der Waals surface area contributed by atoms with Gasteiger partial charge in [-0.3, -0.25) is 52.7 Å². The maximum absolute atomic E-state index is 14.4. The Balaban J connectivity index is 2.52. The number of carbonyl (C=O) groups is 11. The number of aliphatic carboxylic acids is 3. The summed E-state index contributed by atoms with van der Waals surface area (Å²) in [5.41, 5.74) is 0.471. The summed E-state index contributed by atoms with van der Waals surface area (Å²) >= 11 is 0. The van der Waals surface area contributed by atoms with E-state index in [0.29, 0.717) is 16.7 Å². The lowest BCUT2D eigenvalue weighted by Crippen LogP contribution is -2.62. The molecule has 0 spiro atoms. The minimum absolute atomic E-state index is 0.209. The number of carbonyl (C=O) groups excluding carboxylic acids is 8. The molecule has 0 aliphatic rings. The van der Waals surface area contributed by atoms with E-state index in [1.54, 1.807) is 89.2 Å². The number of carboxylic acid groups (broad SMARTS) is 3. The molecule has 7 atom stereocenters. The van der Waals surface area contributed by atoms with Crippen LogP contribution in [-0.4, -0.2) is 123 Å². The fraction of sp³-hybridized carbons (Fsp3) is 0.540. The SMILES string of the molecule is Cc1ccccc1C[C@H](NC(=O)[C@H](CCC(=O)O)NC(=O)[C@H](CC(=O)O)NC(=O)CCC(=O)O)C(=O)N[C@H](C(=O)N[C@@H](CC(C)C)C(=O)N[C@@H](CC(F)(F)F)C(=O)C(=O)N[C@H](c1ccccc1)C(C)C)C(C)(C)C. The lowest BCUT2D eigenvalue weighted by molar-refractivity contribution is -0.154. The van der Waals surface area contributed by atoms with Gasteiger partial charge in [-0.15, -0.1) is 0 Å². The number of benzene rings is 2. The lowest BCUT2D eigenvalue weighted by atomic mass is 9.85. The fourth-order valence-corrected chi connectivity index (χ4v) is 7.48. The number of aryl methyl sites for hydroxylation is 1. The molecule has 2 aromatic carbocycles. The van der Waals surface area contributed by atoms with Crippen LogP contribution in [0.15, 0.2) is 54.6 Å². The highest BCUT2D eigenvalue weighted by atomic mass is 19.4. The van der Waals surface area contributed by atoms with Crippen molar-refractivity contribution in [2.75, 3.05) is 0 Å². The minimum Gasteiger partial charge on any atom is -0.481 e. The van der Waals surface area contributed by atoms with Gasteiger partial charge in [0, 0.05) is 19.3 Å². The maximum Gasteiger partial charge on any atom is 0.391 e. The first-order valence-electron chi connectivity index (χ1n) is 23.8. The second-order valence-corrected chi connectivity index (χ2v) is 19.6. The first-order valence-corrected chi connectivity index (χ1v) is 23.8. The summed E-state index contributed by atoms with van der Waals surface area (Å²) in [7, 11) is 0. The molecule has 0 saturated carbocycles. The Bertz CT molecular complexity index is 2340. The third-order valence-corrected chi connectivity index (χ3v) is 11.4. The van der Waals surface area contributed by atoms with E-state index >= 15 is 0 Å². The van der Waals surface area contributed by atoms with Crippen LogP contribution in [0.5, 0.6) is 0 Å². The summed E-state index contributed by atoms with van der Waals surface area (Å²) in [6.07, 6.45) is -11.2. The van der Waals surface area contributed by atoms with Crippen LogP contribution in [0.4, 0.5) is 13.2 Å². The number of Topliss-reactive ketones (excluding diaryl/α,β-unsaturated/α-hetero) is 1. The largest absolute Gasteiger partial charge is 0.481 e. The van der Waals surface area contributed by atoms with Gasteiger partial charge in [-0.05, 0) is 53.7 Å². The number of halogens is 3. The van der Waals surface area contributed by atoms with Gasteiger partial charge in [0.05, 0.1) is 25.3 Å². The average molecular weight is 1050 g/mol. The molecular weight excluding hydrogens is 980 g/mol. The molecule has 0 heterocycles. The molecule has 2 aromatic rings. The molecule has 0 unspecified atom stereocenters. The highest BCUT2D eigenvalue weighted by molar-refractivity contribution is 6.38. The molecule has 10 N–H and O–H groups in total. The summed E-state index contributed by atoms with van der Waals surface area (Å²) in [4.78, 5) is 144. The van der Waals surface area contributed by atoms with Gasteiger partial charge in [0.2, 0.25) is 41.2 Å². The first-order chi connectivity index (χ1) is 34.3. The summed E-state index contributed by atoms with van der Waals surface area (Å²) < 4.78 is 42.0. The van der Waals surface area contributed by atoms with Crippen LogP contribution in [0.25, 0.3) is 0 Å². The van der Waals surface area contributed by atoms with Crippen molar-refractivity contribution in [1.82, 2.24) is 37.2 Å². The van der Waals surface area contributed by atoms with Crippen LogP contribution in [0.1, 0.15) is 116 Å². The van der Waals surface area contributed by atoms with Crippen LogP contribution >= 0.6 is 0 Å². The van der Waals surface area contributed by atoms with Gasteiger partial charge in [0.25, 0.3) is 5.91 Å². The highest BCUT2D eigenvalue weighted by Gasteiger charge is 2.42. The Hall–Kier alpha value is -7.40. The van der Waals surface area contributed by atoms with E-state index < -0.39 is 163 Å². The molecule has 0 aromatic heterocycles. The Labute approximate surface area is 426 Å². The van der Waals surface area contributed by atoms with Gasteiger partial charge >= 0.3 is 24.1 Å². The van der Waals surface area contributed by atoms with Gasteiger partial charge in [-0.25, -0.2) is 0 Å². The smallest absolute Gasteiger partial charge is 0.391 e. The van der Waals surface area contributed by atoms with Crippen molar-refractivity contribution in [3.63, 3.8) is 0 Å². The number of alkyl halides is 3. The van der Waals surface area contributed by atoms with Gasteiger partial charge in [-0.2, -0.15) is 13.2 Å². The Morgan fingerprint density at radius 2 is 1.07 bits per heavy atom. The van der Waals surface area contributed by atoms with Crippen molar-refractivity contribution < 1.29 is 81.2 Å². The molecular formula is C50H68F3N7O14. The summed E-state index contributed by atoms with van der Waals surface area (Å²) in [5, 5.41) is 44.1. The standard InChI is InChI=1S/C50H68F3N7O14/c1-26(2)22-32(44(70)58-35(25-50(51,52)53)41(68)47(73)59-40(27(3)4)29-15-10-9-11-16-29)57-48(74)42(49(6,7)8)60-46(72)33(23-30-17-13-12-14-28(30)5)56-43(69)31(18-20-37(62)63)55-45(71)34(24-39(66)67)54-36(61)19-21-38(64)65/h9-17,26-27,31-35,40,42H,18-25H2,1-8H3,(H,54,61)(H,55,71)(H,56,69)(H,57,74)(H,58,70)(H,59,73)(H,60,72)(H,62,63)(H,64,65)(H,66,67)/t31-,32-,33-,34-,35-,40-,42+/m0/s1. The number of rotatable bonds is 29. The molecule has 2 rings (SSSR count). The van der Waals surface area contributed by atoms with Crippen LogP contribution in [0.3, 0.4) is 0 Å². The van der Waals surface area contributed by atoms with E-state index in [1.165, 1.54) is 20.8 Å². The van der Waals surface area contributed by atoms with E-state index in [9.17, 15) is 76.1 Å². The summed E-state index contributed by atoms with van der Waals surface area (Å²) in [6.45, 7) is 12.9. The van der Waals surface area contributed by atoms with Crippen molar-refractivity contribution in [2.24, 2.45) is 17.3 Å². The fourth-order valence-electron chi connectivity index (χ4n) is 7.48. The quantitative estimate of drug-likeness (QED) is 0.0524. The molecule has 7 amide bonds. The van der Waals surface area contributed by atoms with E-state index in [-0.39, 0.29) is 18.8 Å². The number of ketones is 1. The van der Waals surface area contributed by atoms with Gasteiger partial charge < -0.3 is 52.5 Å². The Kier molecular flexibility index (Phi) is 24.4. The molecule has 0 aliphatic carbocycles. The van der Waals surface area contributed by atoms with Crippen LogP contribution < -0.4 is 37.2 Å². The van der Waals surface area contributed by atoms with E-state index in [2.05, 4.69) is 31.9 Å². The second-order valence-electron chi connectivity index (χ2n) is 19.6. The zero-order chi connectivity index (χ0) is 56.2. The van der Waals surface area contributed by atoms with Gasteiger partial charge in [-0.1, -0.05) is 103 Å². The topological polar surface area (TPSA) is 333 Å². The molecule has 0 fully saturated rings. The zero-order valence-corrected chi connectivity index (χ0v) is 42.5. The molecule has 0 aliphatic heterocycles. The minimum atomic E-state index is -5.06. The predicted molar refractivity (Wildman–Crippen MR) is 259 cm³/mol. The van der Waals surface area contributed by atoms with Gasteiger partial charge in [0.1, 0.15) is 36.3 Å². The number of nitrogens with one attached hydrogen (secondary N) is 7. The van der Waals surface area contributed by atoms with Crippen molar-refractivity contribution >= 4 is 65.0 Å². The van der Waals surface area contributed by atoms with Crippen LogP contribution in [0.2, 0.25) is 0 Å². The molecule has 0 bridgehead atoms. The third-order valence-electron chi connectivity index (χ3n) is 11.4. The average Bonchev–Trinajstić information content (AvgIpc) is 3.28. The van der Waals surface area contributed by atoms with Crippen molar-refractivity contribution in [2.45, 2.75) is 155 Å². The lowest BCUT2D eigenvalue weighted by Gasteiger charge is -2.34. The molecule has 21 nitrogen and oxygen atoms in total. The van der Waals surface area contributed by atoms with E-state index in [4.69, 9.17) is 5.11 Å². The second kappa shape index (κ2) is 28.7. The number of hydrogen-bond donors (Lipinski definition) is 10. The number of carboxylic acids is 3. The zero-order valence-electron chi connectivity index (χ0n) is 42.5. The Morgan fingerprint density at radius 1 is 0.554 bits per heavy atom. The highest BCUT2D eigenvalue weighted by Crippen LogP contribution is 2.25. The first kappa shape index (κ1) is 62.7. The molecule has 0 saturated heterocycles. The Morgan fingerprint density at radius 3 is 1.59 bits per heavy atom. The normalized spacial score (nSPS) is 14.4. The molecule has 24 heteroatoms. The van der Waals surface area contributed by atoms with Crippen molar-refractivity contribution in [1.29, 1.82) is 0 Å². The summed E-state index contributed by atoms with van der Waals surface area (Å²) in [6, 6.07) is 3.25. The van der Waals surface area contributed by atoms with E-state index in [1.807, 2.05) is 5.32 Å². The van der Waals surface area contributed by atoms with Gasteiger partial charge in [0.15, 0.2) is 0 Å². The monoisotopic (exact) mass is 1050 g/mol. The predicted octanol–water partition coefficient (Wildman–Crippen LogP) is 2.78. The van der Waals surface area contributed by atoms with Crippen molar-refractivity contribution in [3.05, 3.63) is 71.3 Å². The number of hydrogen-bond acceptors (Lipinski definition) is 11.